The fourth-order valence-corrected chi connectivity index (χ4v) is 2.42. The lowest BCUT2D eigenvalue weighted by molar-refractivity contribution is 0.0794. The minimum Gasteiger partial charge on any atom is -0.383 e. The second kappa shape index (κ2) is 4.34. The van der Waals surface area contributed by atoms with Gasteiger partial charge in [-0.1, -0.05) is 22.6 Å². The van der Waals surface area contributed by atoms with E-state index in [1.807, 2.05) is 4.90 Å². The van der Waals surface area contributed by atoms with E-state index in [0.717, 1.165) is 19.5 Å². The van der Waals surface area contributed by atoms with Crippen LogP contribution in [0.3, 0.4) is 0 Å². The van der Waals surface area contributed by atoms with Gasteiger partial charge in [0.25, 0.3) is 5.91 Å². The molecule has 1 saturated heterocycles. The Hall–Kier alpha value is -0.850. The Kier molecular flexibility index (Phi) is 3.08. The molecule has 1 amide bonds. The number of nitrogens with zero attached hydrogens (tertiary/aromatic N) is 2. The van der Waals surface area contributed by atoms with E-state index >= 15 is 0 Å². The molecule has 1 atom stereocenters. The normalized spacial score (nSPS) is 20.6. The number of carbonyl (C=O) groups excluding carboxylic acids is 1. The molecule has 1 aliphatic rings. The predicted molar refractivity (Wildman–Crippen MR) is 67.0 cm³/mol. The number of likely N-dealkylation sites (tertiary alicyclic amines) is 1. The van der Waals surface area contributed by atoms with Gasteiger partial charge in [-0.05, 0) is 18.6 Å². The first-order valence-corrected chi connectivity index (χ1v) is 6.07. The Morgan fingerprint density at radius 1 is 1.67 bits per heavy atom. The van der Waals surface area contributed by atoms with E-state index in [9.17, 15) is 4.79 Å². The van der Waals surface area contributed by atoms with E-state index in [1.165, 1.54) is 0 Å². The van der Waals surface area contributed by atoms with Crippen molar-refractivity contribution >= 4 is 34.3 Å². The van der Waals surface area contributed by atoms with Crippen molar-refractivity contribution in [2.45, 2.75) is 10.3 Å². The molecule has 1 fully saturated rings. The van der Waals surface area contributed by atoms with E-state index in [2.05, 4.69) is 27.6 Å². The maximum atomic E-state index is 12.0. The number of halogens is 1. The van der Waals surface area contributed by atoms with Crippen molar-refractivity contribution in [3.05, 3.63) is 23.9 Å². The van der Waals surface area contributed by atoms with Crippen LogP contribution in [0.25, 0.3) is 0 Å². The number of hydrogen-bond donors (Lipinski definition) is 1. The molecule has 0 bridgehead atoms. The number of nitrogens with two attached hydrogens (primary N) is 1. The molecule has 2 N–H and O–H groups in total. The number of pyridine rings is 1. The van der Waals surface area contributed by atoms with E-state index in [-0.39, 0.29) is 5.91 Å². The fraction of sp³-hybridized carbons (Fsp3) is 0.400. The van der Waals surface area contributed by atoms with Crippen LogP contribution in [0.4, 0.5) is 5.82 Å². The number of rotatable bonds is 1. The summed E-state index contributed by atoms with van der Waals surface area (Å²) in [6.45, 7) is 1.63. The standard InChI is InChI=1S/C10H12IN3O/c11-7-3-5-14(6-7)10(15)8-2-1-4-13-9(8)12/h1-2,4,7H,3,5-6H2,(H2,12,13). The molecule has 4 nitrogen and oxygen atoms in total. The topological polar surface area (TPSA) is 59.2 Å². The van der Waals surface area contributed by atoms with Crippen molar-refractivity contribution in [1.29, 1.82) is 0 Å². The fourth-order valence-electron chi connectivity index (χ4n) is 1.67. The molecular weight excluding hydrogens is 305 g/mol. The van der Waals surface area contributed by atoms with E-state index in [4.69, 9.17) is 5.73 Å². The average Bonchev–Trinajstić information content (AvgIpc) is 2.65. The summed E-state index contributed by atoms with van der Waals surface area (Å²) in [6.07, 6.45) is 2.66. The summed E-state index contributed by atoms with van der Waals surface area (Å²) in [6, 6.07) is 3.46. The molecule has 0 aliphatic carbocycles. The van der Waals surface area contributed by atoms with Gasteiger partial charge in [0.05, 0.1) is 5.56 Å². The van der Waals surface area contributed by atoms with Crippen LogP contribution >= 0.6 is 22.6 Å². The third kappa shape index (κ3) is 2.22. The van der Waals surface area contributed by atoms with Crippen LogP contribution in [0, 0.1) is 0 Å². The summed E-state index contributed by atoms with van der Waals surface area (Å²) in [5.74, 6) is 0.319. The van der Waals surface area contributed by atoms with Gasteiger partial charge in [0.15, 0.2) is 0 Å². The molecule has 1 unspecified atom stereocenters. The van der Waals surface area contributed by atoms with Crippen molar-refractivity contribution in [3.8, 4) is 0 Å². The highest BCUT2D eigenvalue weighted by Crippen LogP contribution is 2.20. The predicted octanol–water partition coefficient (Wildman–Crippen LogP) is 1.31. The molecular formula is C10H12IN3O. The monoisotopic (exact) mass is 317 g/mol. The quantitative estimate of drug-likeness (QED) is 0.628. The maximum Gasteiger partial charge on any atom is 0.257 e. The number of amides is 1. The molecule has 2 rings (SSSR count). The van der Waals surface area contributed by atoms with Gasteiger partial charge in [0.1, 0.15) is 5.82 Å². The van der Waals surface area contributed by atoms with Gasteiger partial charge in [-0.2, -0.15) is 0 Å². The number of hydrogen-bond acceptors (Lipinski definition) is 3. The summed E-state index contributed by atoms with van der Waals surface area (Å²) in [7, 11) is 0. The highest BCUT2D eigenvalue weighted by Gasteiger charge is 2.26. The smallest absolute Gasteiger partial charge is 0.257 e. The number of nitrogen functional groups attached to an aromatic ring is 1. The molecule has 15 heavy (non-hydrogen) atoms. The van der Waals surface area contributed by atoms with Gasteiger partial charge in [-0.3, -0.25) is 4.79 Å². The molecule has 1 aromatic heterocycles. The summed E-state index contributed by atoms with van der Waals surface area (Å²) < 4.78 is 0.560. The Bertz CT molecular complexity index is 383. The van der Waals surface area contributed by atoms with Gasteiger partial charge in [-0.25, -0.2) is 4.98 Å². The van der Waals surface area contributed by atoms with Gasteiger partial charge in [0, 0.05) is 23.2 Å². The first-order valence-electron chi connectivity index (χ1n) is 4.82. The van der Waals surface area contributed by atoms with Gasteiger partial charge < -0.3 is 10.6 Å². The molecule has 5 heteroatoms. The highest BCUT2D eigenvalue weighted by atomic mass is 127. The molecule has 0 saturated carbocycles. The van der Waals surface area contributed by atoms with Crippen molar-refractivity contribution in [1.82, 2.24) is 9.88 Å². The van der Waals surface area contributed by atoms with Crippen LogP contribution in [0.2, 0.25) is 0 Å². The molecule has 80 valence electrons. The third-order valence-electron chi connectivity index (χ3n) is 2.49. The zero-order chi connectivity index (χ0) is 10.8. The van der Waals surface area contributed by atoms with Crippen LogP contribution in [-0.4, -0.2) is 32.8 Å². The second-order valence-corrected chi connectivity index (χ2v) is 5.33. The van der Waals surface area contributed by atoms with Gasteiger partial charge >= 0.3 is 0 Å². The lowest BCUT2D eigenvalue weighted by atomic mass is 10.2. The van der Waals surface area contributed by atoms with E-state index in [0.29, 0.717) is 15.3 Å². The molecule has 2 heterocycles. The van der Waals surface area contributed by atoms with Crippen LogP contribution in [0.1, 0.15) is 16.8 Å². The molecule has 0 aromatic carbocycles. The first-order chi connectivity index (χ1) is 7.18. The highest BCUT2D eigenvalue weighted by molar-refractivity contribution is 14.1. The van der Waals surface area contributed by atoms with E-state index in [1.54, 1.807) is 18.3 Å². The lowest BCUT2D eigenvalue weighted by Gasteiger charge is -2.16. The van der Waals surface area contributed by atoms with Crippen molar-refractivity contribution < 1.29 is 4.79 Å². The molecule has 0 spiro atoms. The summed E-state index contributed by atoms with van der Waals surface area (Å²) in [5.41, 5.74) is 6.18. The van der Waals surface area contributed by atoms with Crippen LogP contribution in [-0.2, 0) is 0 Å². The van der Waals surface area contributed by atoms with Gasteiger partial charge in [-0.15, -0.1) is 0 Å². The SMILES string of the molecule is Nc1ncccc1C(=O)N1CCC(I)C1. The largest absolute Gasteiger partial charge is 0.383 e. The molecule has 0 radical (unpaired) electrons. The first kappa shape index (κ1) is 10.7. The molecule has 1 aliphatic heterocycles. The summed E-state index contributed by atoms with van der Waals surface area (Å²) in [4.78, 5) is 17.8. The zero-order valence-corrected chi connectivity index (χ0v) is 10.3. The number of carbonyl (C=O) groups is 1. The van der Waals surface area contributed by atoms with Crippen LogP contribution in [0.15, 0.2) is 18.3 Å². The van der Waals surface area contributed by atoms with Crippen molar-refractivity contribution in [3.63, 3.8) is 0 Å². The van der Waals surface area contributed by atoms with Crippen LogP contribution < -0.4 is 5.73 Å². The lowest BCUT2D eigenvalue weighted by Crippen LogP contribution is -2.29. The third-order valence-corrected chi connectivity index (χ3v) is 3.50. The minimum atomic E-state index is -0.000217. The number of aromatic nitrogens is 1. The average molecular weight is 317 g/mol. The zero-order valence-electron chi connectivity index (χ0n) is 8.19. The van der Waals surface area contributed by atoms with Crippen molar-refractivity contribution in [2.75, 3.05) is 18.8 Å². The minimum absolute atomic E-state index is 0.000217. The number of alkyl halides is 1. The Labute approximate surface area is 102 Å². The molecule has 1 aromatic rings. The number of anilines is 1. The second-order valence-electron chi connectivity index (χ2n) is 3.57. The summed E-state index contributed by atoms with van der Waals surface area (Å²) in [5, 5.41) is 0. The Morgan fingerprint density at radius 2 is 2.47 bits per heavy atom. The Balaban J connectivity index is 2.18. The van der Waals surface area contributed by atoms with E-state index < -0.39 is 0 Å². The van der Waals surface area contributed by atoms with Crippen LogP contribution in [0.5, 0.6) is 0 Å². The van der Waals surface area contributed by atoms with Crippen molar-refractivity contribution in [2.24, 2.45) is 0 Å². The Morgan fingerprint density at radius 3 is 3.07 bits per heavy atom. The van der Waals surface area contributed by atoms with Gasteiger partial charge in [0.2, 0.25) is 0 Å². The summed E-state index contributed by atoms with van der Waals surface area (Å²) >= 11 is 2.37. The maximum absolute atomic E-state index is 12.0.